The molecule has 2 aromatic rings. The van der Waals surface area contributed by atoms with Gasteiger partial charge >= 0.3 is 0 Å². The van der Waals surface area contributed by atoms with Crippen LogP contribution in [-0.4, -0.2) is 36.5 Å². The average Bonchev–Trinajstić information content (AvgIpc) is 2.71. The minimum Gasteiger partial charge on any atom is -0.354 e. The Balaban J connectivity index is 1.55. The molecule has 1 atom stereocenters. The predicted octanol–water partition coefficient (Wildman–Crippen LogP) is 3.67. The highest BCUT2D eigenvalue weighted by molar-refractivity contribution is 6.31. The van der Waals surface area contributed by atoms with Gasteiger partial charge < -0.3 is 15.1 Å². The van der Waals surface area contributed by atoms with Gasteiger partial charge in [-0.3, -0.25) is 9.59 Å². The Bertz CT molecular complexity index is 899. The highest BCUT2D eigenvalue weighted by Crippen LogP contribution is 2.34. The molecule has 0 unspecified atom stereocenters. The number of fused-ring (bicyclic) bond motifs is 2. The van der Waals surface area contributed by atoms with Crippen LogP contribution in [-0.2, 0) is 6.54 Å². The van der Waals surface area contributed by atoms with Crippen LogP contribution in [0.4, 0.5) is 5.69 Å². The molecule has 2 heterocycles. The average molecular weight is 384 g/mol. The van der Waals surface area contributed by atoms with Gasteiger partial charge in [-0.2, -0.15) is 0 Å². The van der Waals surface area contributed by atoms with Crippen LogP contribution in [0.3, 0.4) is 0 Å². The maximum Gasteiger partial charge on any atom is 0.257 e. The van der Waals surface area contributed by atoms with Crippen molar-refractivity contribution in [3.05, 3.63) is 64.2 Å². The van der Waals surface area contributed by atoms with E-state index in [1.165, 1.54) is 0 Å². The second kappa shape index (κ2) is 7.24. The topological polar surface area (TPSA) is 52.7 Å². The first-order valence-electron chi connectivity index (χ1n) is 9.26. The molecule has 1 N–H and O–H groups in total. The van der Waals surface area contributed by atoms with E-state index in [1.807, 2.05) is 36.2 Å². The van der Waals surface area contributed by atoms with Crippen molar-refractivity contribution in [3.63, 3.8) is 0 Å². The first-order valence-corrected chi connectivity index (χ1v) is 9.63. The fourth-order valence-electron chi connectivity index (χ4n) is 3.93. The summed E-state index contributed by atoms with van der Waals surface area (Å²) in [4.78, 5) is 29.5. The molecule has 2 amide bonds. The van der Waals surface area contributed by atoms with E-state index in [9.17, 15) is 9.59 Å². The summed E-state index contributed by atoms with van der Waals surface area (Å²) in [7, 11) is 2.00. The van der Waals surface area contributed by atoms with Gasteiger partial charge in [0.05, 0.1) is 11.3 Å². The van der Waals surface area contributed by atoms with Crippen molar-refractivity contribution in [2.24, 2.45) is 0 Å². The number of carbonyl (C=O) groups excluding carboxylic acids is 2. The quantitative estimate of drug-likeness (QED) is 0.879. The van der Waals surface area contributed by atoms with Crippen molar-refractivity contribution < 1.29 is 9.59 Å². The van der Waals surface area contributed by atoms with Crippen LogP contribution in [0.15, 0.2) is 42.5 Å². The summed E-state index contributed by atoms with van der Waals surface area (Å²) in [5, 5.41) is 3.54. The third-order valence-electron chi connectivity index (χ3n) is 5.45. The lowest BCUT2D eigenvalue weighted by Crippen LogP contribution is -2.55. The zero-order chi connectivity index (χ0) is 19.0. The van der Waals surface area contributed by atoms with Crippen molar-refractivity contribution in [2.75, 3.05) is 18.5 Å². The third-order valence-corrected chi connectivity index (χ3v) is 5.82. The lowest BCUT2D eigenvalue weighted by molar-refractivity contribution is 0.0589. The van der Waals surface area contributed by atoms with Gasteiger partial charge in [0.15, 0.2) is 0 Å². The summed E-state index contributed by atoms with van der Waals surface area (Å²) in [5.41, 5.74) is 2.91. The Morgan fingerprint density at radius 3 is 2.85 bits per heavy atom. The maximum atomic E-state index is 12.8. The van der Waals surface area contributed by atoms with Gasteiger partial charge in [-0.15, -0.1) is 0 Å². The molecular weight excluding hydrogens is 362 g/mol. The zero-order valence-electron chi connectivity index (χ0n) is 15.2. The minimum absolute atomic E-state index is 0.0656. The Kier molecular flexibility index (Phi) is 4.79. The summed E-state index contributed by atoms with van der Waals surface area (Å²) in [5.74, 6) is -0.111. The summed E-state index contributed by atoms with van der Waals surface area (Å²) in [6.07, 6.45) is 3.21. The van der Waals surface area contributed by atoms with Gasteiger partial charge in [-0.05, 0) is 49.1 Å². The predicted molar refractivity (Wildman–Crippen MR) is 106 cm³/mol. The number of nitrogens with zero attached hydrogens (tertiary/aromatic N) is 2. The molecule has 1 saturated heterocycles. The molecule has 0 aromatic heterocycles. The lowest BCUT2D eigenvalue weighted by atomic mass is 9.97. The molecule has 0 saturated carbocycles. The molecule has 0 aliphatic carbocycles. The van der Waals surface area contributed by atoms with Crippen LogP contribution in [0.5, 0.6) is 0 Å². The van der Waals surface area contributed by atoms with E-state index in [-0.39, 0.29) is 18.0 Å². The number of rotatable bonds is 3. The fourth-order valence-corrected chi connectivity index (χ4v) is 4.14. The summed E-state index contributed by atoms with van der Waals surface area (Å²) < 4.78 is 0. The van der Waals surface area contributed by atoms with Gasteiger partial charge in [0.1, 0.15) is 6.17 Å². The Morgan fingerprint density at radius 2 is 2.04 bits per heavy atom. The van der Waals surface area contributed by atoms with Gasteiger partial charge in [0, 0.05) is 30.7 Å². The lowest BCUT2D eigenvalue weighted by Gasteiger charge is -2.46. The molecule has 4 rings (SSSR count). The zero-order valence-corrected chi connectivity index (χ0v) is 16.0. The van der Waals surface area contributed by atoms with Crippen LogP contribution < -0.4 is 10.2 Å². The first-order chi connectivity index (χ1) is 13.1. The molecule has 2 aliphatic rings. The standard InChI is InChI=1S/C21H22ClN3O2/c1-24-18-12-14(20(26)23-13-15-6-2-3-7-17(15)22)9-10-16(18)21(27)25-11-5-4-8-19(24)25/h2-3,6-7,9-10,12,19H,4-5,8,11,13H2,1H3,(H,23,26)/t19-/m1/s1. The normalized spacial score (nSPS) is 18.7. The van der Waals surface area contributed by atoms with Gasteiger partial charge in [0.25, 0.3) is 11.8 Å². The van der Waals surface area contributed by atoms with Gasteiger partial charge in [-0.25, -0.2) is 0 Å². The van der Waals surface area contributed by atoms with E-state index in [1.54, 1.807) is 18.2 Å². The summed E-state index contributed by atoms with van der Waals surface area (Å²) in [6.45, 7) is 1.16. The first kappa shape index (κ1) is 17.9. The number of anilines is 1. The molecule has 5 nitrogen and oxygen atoms in total. The molecule has 0 radical (unpaired) electrons. The molecule has 2 aliphatic heterocycles. The number of halogens is 1. The highest BCUT2D eigenvalue weighted by Gasteiger charge is 2.37. The Hall–Kier alpha value is -2.53. The Morgan fingerprint density at radius 1 is 1.22 bits per heavy atom. The SMILES string of the molecule is CN1c2cc(C(=O)NCc3ccccc3Cl)ccc2C(=O)N2CCCC[C@@H]21. The van der Waals surface area contributed by atoms with E-state index in [0.29, 0.717) is 22.7 Å². The molecule has 27 heavy (non-hydrogen) atoms. The van der Waals surface area contributed by atoms with Crippen molar-refractivity contribution in [2.45, 2.75) is 32.0 Å². The number of hydrogen-bond acceptors (Lipinski definition) is 3. The van der Waals surface area contributed by atoms with Crippen LogP contribution in [0.2, 0.25) is 5.02 Å². The summed E-state index contributed by atoms with van der Waals surface area (Å²) >= 11 is 6.15. The van der Waals surface area contributed by atoms with E-state index in [0.717, 1.165) is 37.1 Å². The maximum absolute atomic E-state index is 12.8. The van der Waals surface area contributed by atoms with Crippen LogP contribution in [0, 0.1) is 0 Å². The monoisotopic (exact) mass is 383 g/mol. The Labute approximate surface area is 163 Å². The van der Waals surface area contributed by atoms with E-state index in [2.05, 4.69) is 10.2 Å². The highest BCUT2D eigenvalue weighted by atomic mass is 35.5. The van der Waals surface area contributed by atoms with Crippen LogP contribution in [0.25, 0.3) is 0 Å². The number of benzene rings is 2. The number of carbonyl (C=O) groups is 2. The molecule has 2 aromatic carbocycles. The van der Waals surface area contributed by atoms with Crippen LogP contribution >= 0.6 is 11.6 Å². The largest absolute Gasteiger partial charge is 0.354 e. The van der Waals surface area contributed by atoms with E-state index < -0.39 is 0 Å². The second-order valence-corrected chi connectivity index (χ2v) is 7.50. The minimum atomic E-state index is -0.176. The number of amides is 2. The third kappa shape index (κ3) is 3.28. The fraction of sp³-hybridized carbons (Fsp3) is 0.333. The summed E-state index contributed by atoms with van der Waals surface area (Å²) in [6, 6.07) is 12.8. The van der Waals surface area contributed by atoms with Crippen molar-refractivity contribution in [1.29, 1.82) is 0 Å². The molecule has 140 valence electrons. The molecule has 0 bridgehead atoms. The number of hydrogen-bond donors (Lipinski definition) is 1. The van der Waals surface area contributed by atoms with E-state index in [4.69, 9.17) is 11.6 Å². The van der Waals surface area contributed by atoms with Crippen molar-refractivity contribution >= 4 is 29.1 Å². The van der Waals surface area contributed by atoms with Gasteiger partial charge in [0.2, 0.25) is 0 Å². The molecular formula is C21H22ClN3O2. The second-order valence-electron chi connectivity index (χ2n) is 7.09. The number of nitrogens with one attached hydrogen (secondary N) is 1. The smallest absolute Gasteiger partial charge is 0.257 e. The van der Waals surface area contributed by atoms with E-state index >= 15 is 0 Å². The molecule has 6 heteroatoms. The van der Waals surface area contributed by atoms with Gasteiger partial charge in [-0.1, -0.05) is 29.8 Å². The molecule has 1 fully saturated rings. The molecule has 0 spiro atoms. The van der Waals surface area contributed by atoms with Crippen LogP contribution in [0.1, 0.15) is 45.5 Å². The van der Waals surface area contributed by atoms with Crippen molar-refractivity contribution in [3.8, 4) is 0 Å². The van der Waals surface area contributed by atoms with Crippen molar-refractivity contribution in [1.82, 2.24) is 10.2 Å². The number of piperidine rings is 1.